The molecule has 0 aliphatic heterocycles. The van der Waals surface area contributed by atoms with Crippen LogP contribution in [0.25, 0.3) is 0 Å². The summed E-state index contributed by atoms with van der Waals surface area (Å²) in [5.74, 6) is 0. The van der Waals surface area contributed by atoms with Crippen molar-refractivity contribution in [1.29, 1.82) is 0 Å². The predicted octanol–water partition coefficient (Wildman–Crippen LogP) is 5.01. The van der Waals surface area contributed by atoms with Crippen LogP contribution in [0.1, 0.15) is 5.56 Å². The third-order valence-corrected chi connectivity index (χ3v) is 5.59. The molecule has 0 amide bonds. The van der Waals surface area contributed by atoms with Gasteiger partial charge in [-0.1, -0.05) is 41.9 Å². The molecule has 0 aliphatic rings. The molecule has 0 bridgehead atoms. The van der Waals surface area contributed by atoms with Crippen LogP contribution < -0.4 is 10.6 Å². The van der Waals surface area contributed by atoms with Crippen molar-refractivity contribution in [2.24, 2.45) is 0 Å². The average Bonchev–Trinajstić information content (AvgIpc) is 2.67. The van der Waals surface area contributed by atoms with Gasteiger partial charge in [-0.25, -0.2) is 8.42 Å². The van der Waals surface area contributed by atoms with Crippen LogP contribution in [0.4, 0.5) is 22.7 Å². The second-order valence-electron chi connectivity index (χ2n) is 6.37. The number of rotatable bonds is 7. The van der Waals surface area contributed by atoms with Crippen LogP contribution in [-0.4, -0.2) is 19.6 Å². The maximum absolute atomic E-state index is 11.7. The minimum absolute atomic E-state index is 0.117. The number of anilines is 3. The summed E-state index contributed by atoms with van der Waals surface area (Å²) in [5, 5.41) is 18.0. The second kappa shape index (κ2) is 8.50. The molecule has 29 heavy (non-hydrogen) atoms. The van der Waals surface area contributed by atoms with Crippen LogP contribution in [0, 0.1) is 10.1 Å². The fourth-order valence-electron chi connectivity index (χ4n) is 2.68. The minimum Gasteiger partial charge on any atom is -0.380 e. The second-order valence-corrected chi connectivity index (χ2v) is 8.79. The predicted molar refractivity (Wildman–Crippen MR) is 115 cm³/mol. The number of nitro groups is 1. The SMILES string of the molecule is CS(=O)(=O)c1ccc(Nc2ccc(NCc3ccccc3)c(Cl)c2)c([N+](=O)[O-])c1. The van der Waals surface area contributed by atoms with Gasteiger partial charge >= 0.3 is 0 Å². The van der Waals surface area contributed by atoms with Gasteiger partial charge in [0, 0.05) is 24.6 Å². The average molecular weight is 432 g/mol. The van der Waals surface area contributed by atoms with Gasteiger partial charge in [0.25, 0.3) is 5.69 Å². The van der Waals surface area contributed by atoms with Gasteiger partial charge in [0.1, 0.15) is 5.69 Å². The Balaban J connectivity index is 1.80. The first-order valence-corrected chi connectivity index (χ1v) is 10.8. The Kier molecular flexibility index (Phi) is 6.05. The van der Waals surface area contributed by atoms with E-state index in [1.807, 2.05) is 30.3 Å². The number of sulfone groups is 1. The quantitative estimate of drug-likeness (QED) is 0.403. The van der Waals surface area contributed by atoms with E-state index in [-0.39, 0.29) is 16.3 Å². The number of nitrogens with zero attached hydrogens (tertiary/aromatic N) is 1. The van der Waals surface area contributed by atoms with Gasteiger partial charge in [-0.2, -0.15) is 0 Å². The summed E-state index contributed by atoms with van der Waals surface area (Å²) in [5.41, 5.74) is 2.20. The van der Waals surface area contributed by atoms with Crippen LogP contribution in [0.3, 0.4) is 0 Å². The van der Waals surface area contributed by atoms with E-state index in [0.717, 1.165) is 23.6 Å². The Morgan fingerprint density at radius 1 is 1.00 bits per heavy atom. The Hall–Kier alpha value is -3.10. The number of nitrogens with one attached hydrogen (secondary N) is 2. The molecular weight excluding hydrogens is 414 g/mol. The van der Waals surface area contributed by atoms with E-state index in [2.05, 4.69) is 10.6 Å². The van der Waals surface area contributed by atoms with Crippen molar-refractivity contribution in [3.8, 4) is 0 Å². The molecule has 0 heterocycles. The molecule has 7 nitrogen and oxygen atoms in total. The number of benzene rings is 3. The highest BCUT2D eigenvalue weighted by molar-refractivity contribution is 7.90. The van der Waals surface area contributed by atoms with Crippen molar-refractivity contribution in [3.05, 3.63) is 87.4 Å². The molecule has 0 atom stereocenters. The third kappa shape index (κ3) is 5.24. The topological polar surface area (TPSA) is 101 Å². The lowest BCUT2D eigenvalue weighted by Crippen LogP contribution is -2.02. The van der Waals surface area contributed by atoms with Crippen LogP contribution in [0.5, 0.6) is 0 Å². The van der Waals surface area contributed by atoms with Crippen molar-refractivity contribution >= 4 is 44.2 Å². The van der Waals surface area contributed by atoms with Gasteiger partial charge in [-0.05, 0) is 35.9 Å². The zero-order chi connectivity index (χ0) is 21.0. The highest BCUT2D eigenvalue weighted by atomic mass is 35.5. The van der Waals surface area contributed by atoms with Gasteiger partial charge in [0.2, 0.25) is 0 Å². The molecule has 0 unspecified atom stereocenters. The first-order chi connectivity index (χ1) is 13.7. The summed E-state index contributed by atoms with van der Waals surface area (Å²) < 4.78 is 23.3. The molecule has 3 rings (SSSR count). The van der Waals surface area contributed by atoms with E-state index in [4.69, 9.17) is 11.6 Å². The van der Waals surface area contributed by atoms with Gasteiger partial charge in [0.05, 0.1) is 20.5 Å². The molecule has 0 saturated carbocycles. The molecule has 0 saturated heterocycles. The smallest absolute Gasteiger partial charge is 0.293 e. The number of hydrogen-bond donors (Lipinski definition) is 2. The van der Waals surface area contributed by atoms with Crippen LogP contribution in [0.15, 0.2) is 71.6 Å². The molecule has 3 aromatic carbocycles. The van der Waals surface area contributed by atoms with Crippen molar-refractivity contribution in [2.75, 3.05) is 16.9 Å². The highest BCUT2D eigenvalue weighted by Crippen LogP contribution is 2.32. The summed E-state index contributed by atoms with van der Waals surface area (Å²) in [6, 6.07) is 18.7. The lowest BCUT2D eigenvalue weighted by molar-refractivity contribution is -0.384. The van der Waals surface area contributed by atoms with Crippen molar-refractivity contribution in [2.45, 2.75) is 11.4 Å². The van der Waals surface area contributed by atoms with E-state index >= 15 is 0 Å². The number of nitro benzene ring substituents is 1. The number of halogens is 1. The summed E-state index contributed by atoms with van der Waals surface area (Å²) in [6.07, 6.45) is 1.00. The largest absolute Gasteiger partial charge is 0.380 e. The van der Waals surface area contributed by atoms with E-state index in [1.165, 1.54) is 12.1 Å². The number of hydrogen-bond acceptors (Lipinski definition) is 6. The van der Waals surface area contributed by atoms with Gasteiger partial charge in [-0.3, -0.25) is 10.1 Å². The van der Waals surface area contributed by atoms with E-state index in [1.54, 1.807) is 18.2 Å². The molecule has 0 radical (unpaired) electrons. The molecule has 150 valence electrons. The fraction of sp³-hybridized carbons (Fsp3) is 0.100. The summed E-state index contributed by atoms with van der Waals surface area (Å²) in [4.78, 5) is 10.6. The van der Waals surface area contributed by atoms with Gasteiger partial charge in [-0.15, -0.1) is 0 Å². The molecule has 0 spiro atoms. The zero-order valence-electron chi connectivity index (χ0n) is 15.4. The Labute approximate surface area is 173 Å². The van der Waals surface area contributed by atoms with Crippen LogP contribution >= 0.6 is 11.6 Å². The first-order valence-electron chi connectivity index (χ1n) is 8.57. The maximum Gasteiger partial charge on any atom is 0.293 e. The highest BCUT2D eigenvalue weighted by Gasteiger charge is 2.19. The molecule has 0 aliphatic carbocycles. The van der Waals surface area contributed by atoms with Crippen molar-refractivity contribution in [3.63, 3.8) is 0 Å². The normalized spacial score (nSPS) is 11.1. The lowest BCUT2D eigenvalue weighted by Gasteiger charge is -2.12. The van der Waals surface area contributed by atoms with E-state index < -0.39 is 14.8 Å². The summed E-state index contributed by atoms with van der Waals surface area (Å²) in [6.45, 7) is 0.603. The minimum atomic E-state index is -3.55. The monoisotopic (exact) mass is 431 g/mol. The molecular formula is C20H18ClN3O4S. The van der Waals surface area contributed by atoms with Gasteiger partial charge in [0.15, 0.2) is 9.84 Å². The molecule has 0 fully saturated rings. The van der Waals surface area contributed by atoms with Crippen molar-refractivity contribution < 1.29 is 13.3 Å². The molecule has 0 aromatic heterocycles. The molecule has 3 aromatic rings. The van der Waals surface area contributed by atoms with Gasteiger partial charge < -0.3 is 10.6 Å². The van der Waals surface area contributed by atoms with E-state index in [0.29, 0.717) is 17.3 Å². The Bertz CT molecular complexity index is 1150. The van der Waals surface area contributed by atoms with Crippen molar-refractivity contribution in [1.82, 2.24) is 0 Å². The zero-order valence-corrected chi connectivity index (χ0v) is 17.0. The molecule has 2 N–H and O–H groups in total. The Morgan fingerprint density at radius 3 is 2.31 bits per heavy atom. The fourth-order valence-corrected chi connectivity index (χ4v) is 3.57. The third-order valence-electron chi connectivity index (χ3n) is 4.17. The standard InChI is InChI=1S/C20H18ClN3O4S/c1-29(27,28)16-8-10-19(20(12-16)24(25)26)23-15-7-9-18(17(21)11-15)22-13-14-5-3-2-4-6-14/h2-12,22-23H,13H2,1H3. The summed E-state index contributed by atoms with van der Waals surface area (Å²) in [7, 11) is -3.55. The summed E-state index contributed by atoms with van der Waals surface area (Å²) >= 11 is 6.33. The molecule has 9 heteroatoms. The van der Waals surface area contributed by atoms with E-state index in [9.17, 15) is 18.5 Å². The lowest BCUT2D eigenvalue weighted by atomic mass is 10.2. The maximum atomic E-state index is 11.7. The van der Waals surface area contributed by atoms with Crippen LogP contribution in [-0.2, 0) is 16.4 Å². The van der Waals surface area contributed by atoms with Crippen LogP contribution in [0.2, 0.25) is 5.02 Å². The Morgan fingerprint density at radius 2 is 1.69 bits per heavy atom. The first kappa shape index (κ1) is 20.6.